The molecule has 0 spiro atoms. The number of amides is 1. The summed E-state index contributed by atoms with van der Waals surface area (Å²) >= 11 is 10.8. The molecule has 0 unspecified atom stereocenters. The van der Waals surface area contributed by atoms with Crippen molar-refractivity contribution in [1.29, 1.82) is 0 Å². The van der Waals surface area contributed by atoms with Crippen LogP contribution in [-0.4, -0.2) is 28.2 Å². The first-order valence-electron chi connectivity index (χ1n) is 4.55. The molecular formula is C8H3Cl2F6N3O. The summed E-state index contributed by atoms with van der Waals surface area (Å²) in [5, 5.41) is 0.302. The predicted molar refractivity (Wildman–Crippen MR) is 56.3 cm³/mol. The molecule has 1 N–H and O–H groups in total. The van der Waals surface area contributed by atoms with Crippen LogP contribution >= 0.6 is 23.2 Å². The number of carbonyl (C=O) groups is 1. The van der Waals surface area contributed by atoms with Crippen molar-refractivity contribution in [2.24, 2.45) is 5.92 Å². The summed E-state index contributed by atoms with van der Waals surface area (Å²) in [7, 11) is 0. The normalized spacial score (nSPS) is 12.7. The summed E-state index contributed by atoms with van der Waals surface area (Å²) in [6.45, 7) is 0. The SMILES string of the molecule is O=C(Nc1ncnc(Cl)c1Cl)C(C(F)(F)F)C(F)(F)F. The maximum Gasteiger partial charge on any atom is 0.409 e. The minimum absolute atomic E-state index is 0.437. The van der Waals surface area contributed by atoms with E-state index in [0.717, 1.165) is 0 Å². The molecule has 0 radical (unpaired) electrons. The number of aromatic nitrogens is 2. The Hall–Kier alpha value is -1.29. The van der Waals surface area contributed by atoms with Gasteiger partial charge < -0.3 is 5.32 Å². The largest absolute Gasteiger partial charge is 0.409 e. The van der Waals surface area contributed by atoms with Crippen LogP contribution in [0.5, 0.6) is 0 Å². The van der Waals surface area contributed by atoms with E-state index in [9.17, 15) is 31.1 Å². The zero-order valence-corrected chi connectivity index (χ0v) is 10.5. The average Bonchev–Trinajstić information content (AvgIpc) is 2.20. The van der Waals surface area contributed by atoms with E-state index in [1.165, 1.54) is 5.32 Å². The van der Waals surface area contributed by atoms with E-state index in [1.807, 2.05) is 0 Å². The minimum atomic E-state index is -5.81. The highest BCUT2D eigenvalue weighted by Gasteiger charge is 2.61. The van der Waals surface area contributed by atoms with Crippen molar-refractivity contribution in [2.45, 2.75) is 12.4 Å². The van der Waals surface area contributed by atoms with Gasteiger partial charge in [0.2, 0.25) is 11.8 Å². The second-order valence-corrected chi connectivity index (χ2v) is 4.07. The van der Waals surface area contributed by atoms with Gasteiger partial charge in [0.25, 0.3) is 0 Å². The Labute approximate surface area is 117 Å². The Kier molecular flexibility index (Phi) is 4.70. The Morgan fingerprint density at radius 3 is 2.05 bits per heavy atom. The number of hydrogen-bond donors (Lipinski definition) is 1. The molecule has 0 atom stereocenters. The lowest BCUT2D eigenvalue weighted by Gasteiger charge is -2.21. The van der Waals surface area contributed by atoms with Gasteiger partial charge in [-0.15, -0.1) is 0 Å². The van der Waals surface area contributed by atoms with Gasteiger partial charge in [0.15, 0.2) is 11.0 Å². The predicted octanol–water partition coefficient (Wildman–Crippen LogP) is 3.46. The van der Waals surface area contributed by atoms with Gasteiger partial charge >= 0.3 is 12.4 Å². The van der Waals surface area contributed by atoms with E-state index in [4.69, 9.17) is 23.2 Å². The number of nitrogens with zero attached hydrogens (tertiary/aromatic N) is 2. The molecular weight excluding hydrogens is 339 g/mol. The van der Waals surface area contributed by atoms with E-state index in [0.29, 0.717) is 6.33 Å². The van der Waals surface area contributed by atoms with Crippen molar-refractivity contribution in [3.8, 4) is 0 Å². The molecule has 1 heterocycles. The summed E-state index contributed by atoms with van der Waals surface area (Å²) < 4.78 is 73.7. The standard InChI is InChI=1S/C8H3Cl2F6N3O/c9-2-4(10)17-1-18-5(2)19-6(20)3(7(11,12)13)8(14,15)16/h1,3H,(H,17,18,19,20). The van der Waals surface area contributed by atoms with Gasteiger partial charge in [0.05, 0.1) is 0 Å². The van der Waals surface area contributed by atoms with E-state index < -0.39 is 40.2 Å². The van der Waals surface area contributed by atoms with Crippen molar-refractivity contribution in [3.63, 3.8) is 0 Å². The van der Waals surface area contributed by atoms with E-state index in [-0.39, 0.29) is 0 Å². The quantitative estimate of drug-likeness (QED) is 0.662. The zero-order chi connectivity index (χ0) is 15.7. The fraction of sp³-hybridized carbons (Fsp3) is 0.375. The smallest absolute Gasteiger partial charge is 0.308 e. The molecule has 1 aromatic heterocycles. The average molecular weight is 342 g/mol. The van der Waals surface area contributed by atoms with Crippen LogP contribution in [0.1, 0.15) is 0 Å². The fourth-order valence-corrected chi connectivity index (χ4v) is 1.39. The highest BCUT2D eigenvalue weighted by Crippen LogP contribution is 2.40. The molecule has 4 nitrogen and oxygen atoms in total. The Morgan fingerprint density at radius 1 is 1.10 bits per heavy atom. The molecule has 0 fully saturated rings. The Morgan fingerprint density at radius 2 is 1.60 bits per heavy atom. The lowest BCUT2D eigenvalue weighted by Crippen LogP contribution is -2.45. The lowest BCUT2D eigenvalue weighted by atomic mass is 10.1. The number of halogens is 8. The van der Waals surface area contributed by atoms with Gasteiger partial charge in [-0.25, -0.2) is 9.97 Å². The highest BCUT2D eigenvalue weighted by atomic mass is 35.5. The van der Waals surface area contributed by atoms with Crippen molar-refractivity contribution in [3.05, 3.63) is 16.5 Å². The van der Waals surface area contributed by atoms with Crippen LogP contribution < -0.4 is 5.32 Å². The molecule has 0 aromatic carbocycles. The summed E-state index contributed by atoms with van der Waals surface area (Å²) in [6.07, 6.45) is -10.9. The molecule has 1 aromatic rings. The number of rotatable bonds is 2. The molecule has 0 saturated carbocycles. The fourth-order valence-electron chi connectivity index (χ4n) is 1.11. The maximum atomic E-state index is 12.3. The Bertz CT molecular complexity index is 504. The summed E-state index contributed by atoms with van der Waals surface area (Å²) in [5.74, 6) is -7.34. The zero-order valence-electron chi connectivity index (χ0n) is 8.98. The number of carbonyl (C=O) groups excluding carboxylic acids is 1. The van der Waals surface area contributed by atoms with Gasteiger partial charge in [0, 0.05) is 0 Å². The van der Waals surface area contributed by atoms with Crippen LogP contribution in [0.25, 0.3) is 0 Å². The third-order valence-corrected chi connectivity index (χ3v) is 2.65. The second kappa shape index (κ2) is 5.60. The first-order valence-corrected chi connectivity index (χ1v) is 5.30. The molecule has 12 heteroatoms. The van der Waals surface area contributed by atoms with E-state index in [2.05, 4.69) is 9.97 Å². The van der Waals surface area contributed by atoms with Crippen LogP contribution in [0.3, 0.4) is 0 Å². The third-order valence-electron chi connectivity index (χ3n) is 1.91. The van der Waals surface area contributed by atoms with Crippen molar-refractivity contribution < 1.29 is 31.1 Å². The van der Waals surface area contributed by atoms with Gasteiger partial charge in [-0.3, -0.25) is 4.79 Å². The monoisotopic (exact) mass is 341 g/mol. The topological polar surface area (TPSA) is 54.9 Å². The minimum Gasteiger partial charge on any atom is -0.308 e. The Balaban J connectivity index is 3.07. The first kappa shape index (κ1) is 16.8. The summed E-state index contributed by atoms with van der Waals surface area (Å²) in [6, 6.07) is 0. The molecule has 1 amide bonds. The highest BCUT2D eigenvalue weighted by molar-refractivity contribution is 6.42. The molecule has 0 aliphatic rings. The lowest BCUT2D eigenvalue weighted by molar-refractivity contribution is -0.272. The molecule has 1 rings (SSSR count). The molecule has 0 saturated heterocycles. The second-order valence-electron chi connectivity index (χ2n) is 3.33. The van der Waals surface area contributed by atoms with Crippen LogP contribution in [0.2, 0.25) is 10.2 Å². The molecule has 112 valence electrons. The van der Waals surface area contributed by atoms with Gasteiger partial charge in [0.1, 0.15) is 11.3 Å². The van der Waals surface area contributed by atoms with Crippen LogP contribution in [0.4, 0.5) is 32.2 Å². The van der Waals surface area contributed by atoms with Gasteiger partial charge in [-0.1, -0.05) is 23.2 Å². The van der Waals surface area contributed by atoms with Crippen LogP contribution in [-0.2, 0) is 4.79 Å². The third kappa shape index (κ3) is 3.85. The van der Waals surface area contributed by atoms with Gasteiger partial charge in [-0.2, -0.15) is 26.3 Å². The maximum absolute atomic E-state index is 12.3. The molecule has 0 bridgehead atoms. The summed E-state index contributed by atoms with van der Waals surface area (Å²) in [5.41, 5.74) is 0. The van der Waals surface area contributed by atoms with E-state index in [1.54, 1.807) is 0 Å². The van der Waals surface area contributed by atoms with Crippen LogP contribution in [0.15, 0.2) is 6.33 Å². The van der Waals surface area contributed by atoms with Gasteiger partial charge in [-0.05, 0) is 0 Å². The number of anilines is 1. The number of alkyl halides is 6. The molecule has 0 aliphatic heterocycles. The number of hydrogen-bond acceptors (Lipinski definition) is 3. The van der Waals surface area contributed by atoms with Crippen molar-refractivity contribution in [2.75, 3.05) is 5.32 Å². The van der Waals surface area contributed by atoms with E-state index >= 15 is 0 Å². The first-order chi connectivity index (χ1) is 8.94. The molecule has 0 aliphatic carbocycles. The van der Waals surface area contributed by atoms with Crippen molar-refractivity contribution >= 4 is 34.9 Å². The van der Waals surface area contributed by atoms with Crippen molar-refractivity contribution in [1.82, 2.24) is 9.97 Å². The number of nitrogens with one attached hydrogen (secondary N) is 1. The molecule has 20 heavy (non-hydrogen) atoms. The van der Waals surface area contributed by atoms with Crippen LogP contribution in [0, 0.1) is 5.92 Å². The summed E-state index contributed by atoms with van der Waals surface area (Å²) in [4.78, 5) is 17.7.